The third-order valence-corrected chi connectivity index (χ3v) is 12.2. The van der Waals surface area contributed by atoms with Gasteiger partial charge in [0.05, 0.1) is 34.7 Å². The number of pyridine rings is 1. The van der Waals surface area contributed by atoms with Gasteiger partial charge in [-0.15, -0.1) is 4.68 Å². The molecule has 3 aliphatic rings. The normalized spacial score (nSPS) is 16.0. The number of benzene rings is 6. The van der Waals surface area contributed by atoms with E-state index in [-0.39, 0.29) is 0 Å². The maximum Gasteiger partial charge on any atom is 0.394 e. The summed E-state index contributed by atoms with van der Waals surface area (Å²) in [6.07, 6.45) is 7.10. The molecule has 10 aromatic rings. The van der Waals surface area contributed by atoms with E-state index in [9.17, 15) is 0 Å². The van der Waals surface area contributed by atoms with Crippen LogP contribution in [-0.2, 0) is 5.66 Å². The molecule has 13 rings (SSSR count). The zero-order valence-corrected chi connectivity index (χ0v) is 28.7. The van der Waals surface area contributed by atoms with Crippen LogP contribution in [0.25, 0.3) is 83.1 Å². The van der Waals surface area contributed by atoms with Crippen LogP contribution in [0.1, 0.15) is 22.3 Å². The summed E-state index contributed by atoms with van der Waals surface area (Å²) in [4.78, 5) is 0. The van der Waals surface area contributed by atoms with Gasteiger partial charge in [0.1, 0.15) is 22.3 Å². The van der Waals surface area contributed by atoms with E-state index in [0.717, 1.165) is 5.82 Å². The van der Waals surface area contributed by atoms with Crippen molar-refractivity contribution in [2.45, 2.75) is 19.5 Å². The lowest BCUT2D eigenvalue weighted by atomic mass is 9.82. The van der Waals surface area contributed by atoms with Crippen LogP contribution in [-0.4, -0.2) is 13.8 Å². The molecule has 52 heavy (non-hydrogen) atoms. The molecule has 1 spiro atoms. The summed E-state index contributed by atoms with van der Waals surface area (Å²) in [5.74, 6) is 1.16. The molecule has 0 saturated carbocycles. The fourth-order valence-electron chi connectivity index (χ4n) is 10.4. The standard InChI is InChI=1S/C47H31N5/c1-28-24-31(30-12-4-3-5-13-30)25-29(2)42(28)32-26-49-39-21-19-35-33-14-6-8-16-37(33)51-40-22-20-36-34-15-7-9-17-38(34)52-41-18-10-11-23-48(41)47(50(49)27-32,43(39)45(35)51)44(40)46(36)52/h3-27H,1-2H3/q+2. The van der Waals surface area contributed by atoms with E-state index in [1.807, 2.05) is 0 Å². The summed E-state index contributed by atoms with van der Waals surface area (Å²) < 4.78 is 12.6. The van der Waals surface area contributed by atoms with Crippen LogP contribution in [0.5, 0.6) is 0 Å². The van der Waals surface area contributed by atoms with E-state index >= 15 is 0 Å². The van der Waals surface area contributed by atoms with Crippen molar-refractivity contribution in [3.05, 3.63) is 174 Å². The van der Waals surface area contributed by atoms with Gasteiger partial charge in [-0.2, -0.15) is 9.13 Å². The lowest BCUT2D eigenvalue weighted by molar-refractivity contribution is -0.993. The number of nitrogens with zero attached hydrogens (tertiary/aromatic N) is 5. The third-order valence-electron chi connectivity index (χ3n) is 12.2. The van der Waals surface area contributed by atoms with Crippen molar-refractivity contribution < 1.29 is 9.25 Å². The third kappa shape index (κ3) is 2.87. The Hall–Kier alpha value is -6.72. The SMILES string of the molecule is Cc1cc(-c2ccccc2)cc(C)c1-c1cn2[n+](c1)C13c4c-2ccc2c5ccccc5n(c42)-c2ccc4c5ccccc5n(c4c21)-c1cccc[n+]13. The van der Waals surface area contributed by atoms with Gasteiger partial charge < -0.3 is 4.57 Å². The van der Waals surface area contributed by atoms with Gasteiger partial charge in [-0.05, 0) is 90.2 Å². The molecule has 0 saturated heterocycles. The molecule has 6 aromatic carbocycles. The van der Waals surface area contributed by atoms with E-state index in [1.54, 1.807) is 0 Å². The summed E-state index contributed by atoms with van der Waals surface area (Å²) >= 11 is 0. The fraction of sp³-hybridized carbons (Fsp3) is 0.0638. The molecule has 0 radical (unpaired) electrons. The molecule has 0 aliphatic carbocycles. The number of hydrogen-bond acceptors (Lipinski definition) is 0. The second-order valence-electron chi connectivity index (χ2n) is 14.8. The molecule has 1 unspecified atom stereocenters. The van der Waals surface area contributed by atoms with Gasteiger partial charge >= 0.3 is 5.66 Å². The first-order valence-electron chi connectivity index (χ1n) is 18.1. The zero-order chi connectivity index (χ0) is 34.0. The fourth-order valence-corrected chi connectivity index (χ4v) is 10.4. The van der Waals surface area contributed by atoms with E-state index in [1.165, 1.54) is 99.5 Å². The average molecular weight is 666 g/mol. The van der Waals surface area contributed by atoms with Gasteiger partial charge in [0.15, 0.2) is 5.52 Å². The first-order chi connectivity index (χ1) is 25.6. The second-order valence-corrected chi connectivity index (χ2v) is 14.8. The quantitative estimate of drug-likeness (QED) is 0.164. The number of hydrogen-bond donors (Lipinski definition) is 0. The lowest BCUT2D eigenvalue weighted by Crippen LogP contribution is -2.76. The molecular formula is C47H31N5+2. The minimum Gasteiger partial charge on any atom is -0.307 e. The Balaban J connectivity index is 1.22. The van der Waals surface area contributed by atoms with Crippen LogP contribution in [0.2, 0.25) is 0 Å². The minimum absolute atomic E-state index is 0.668. The Bertz CT molecular complexity index is 3240. The van der Waals surface area contributed by atoms with E-state index in [4.69, 9.17) is 0 Å². The number of aryl methyl sites for hydroxylation is 2. The van der Waals surface area contributed by atoms with Gasteiger partial charge in [-0.1, -0.05) is 83.5 Å². The molecule has 1 atom stereocenters. The number of fused-ring (bicyclic) bond motifs is 11. The van der Waals surface area contributed by atoms with Crippen molar-refractivity contribution in [1.82, 2.24) is 13.8 Å². The minimum atomic E-state index is -0.668. The molecular weight excluding hydrogens is 635 g/mol. The van der Waals surface area contributed by atoms with Crippen LogP contribution in [0.15, 0.2) is 152 Å². The molecule has 0 N–H and O–H groups in total. The highest BCUT2D eigenvalue weighted by Gasteiger charge is 2.68. The summed E-state index contributed by atoms with van der Waals surface area (Å²) in [5, 5.41) is 5.13. The van der Waals surface area contributed by atoms with Gasteiger partial charge in [0.2, 0.25) is 6.20 Å². The van der Waals surface area contributed by atoms with Gasteiger partial charge in [0.25, 0.3) is 5.82 Å². The van der Waals surface area contributed by atoms with Crippen molar-refractivity contribution >= 4 is 43.6 Å². The van der Waals surface area contributed by atoms with Crippen LogP contribution in [0, 0.1) is 13.8 Å². The molecule has 4 aromatic heterocycles. The Morgan fingerprint density at radius 1 is 0.519 bits per heavy atom. The molecule has 0 fully saturated rings. The van der Waals surface area contributed by atoms with E-state index in [0.29, 0.717) is 0 Å². The maximum atomic E-state index is 2.55. The predicted molar refractivity (Wildman–Crippen MR) is 207 cm³/mol. The molecule has 7 heterocycles. The summed E-state index contributed by atoms with van der Waals surface area (Å²) in [6.45, 7) is 4.53. The number of rotatable bonds is 2. The van der Waals surface area contributed by atoms with E-state index in [2.05, 4.69) is 189 Å². The van der Waals surface area contributed by atoms with Crippen LogP contribution in [0.3, 0.4) is 0 Å². The van der Waals surface area contributed by atoms with Gasteiger partial charge in [-0.25, -0.2) is 0 Å². The second kappa shape index (κ2) is 8.95. The first kappa shape index (κ1) is 27.1. The van der Waals surface area contributed by atoms with Crippen molar-refractivity contribution in [1.29, 1.82) is 0 Å². The summed E-state index contributed by atoms with van der Waals surface area (Å²) in [5.41, 5.74) is 17.0. The summed E-state index contributed by atoms with van der Waals surface area (Å²) in [6, 6.07) is 49.4. The smallest absolute Gasteiger partial charge is 0.307 e. The van der Waals surface area contributed by atoms with Crippen molar-refractivity contribution in [3.8, 4) is 39.4 Å². The molecule has 0 amide bonds. The number of aromatic nitrogens is 5. The highest BCUT2D eigenvalue weighted by molar-refractivity contribution is 6.16. The highest BCUT2D eigenvalue weighted by atomic mass is 15.5. The Morgan fingerprint density at radius 2 is 1.13 bits per heavy atom. The predicted octanol–water partition coefficient (Wildman–Crippen LogP) is 9.44. The first-order valence-corrected chi connectivity index (χ1v) is 18.1. The van der Waals surface area contributed by atoms with Gasteiger partial charge in [-0.3, -0.25) is 0 Å². The topological polar surface area (TPSA) is 22.5 Å². The zero-order valence-electron chi connectivity index (χ0n) is 28.7. The molecule has 5 nitrogen and oxygen atoms in total. The average Bonchev–Trinajstić information content (AvgIpc) is 3.92. The maximum absolute atomic E-state index is 2.55. The largest absolute Gasteiger partial charge is 0.394 e. The lowest BCUT2D eigenvalue weighted by Gasteiger charge is -2.33. The Morgan fingerprint density at radius 3 is 1.88 bits per heavy atom. The van der Waals surface area contributed by atoms with Crippen LogP contribution in [0.4, 0.5) is 0 Å². The van der Waals surface area contributed by atoms with Crippen molar-refractivity contribution in [2.24, 2.45) is 0 Å². The van der Waals surface area contributed by atoms with Gasteiger partial charge in [0, 0.05) is 27.6 Å². The van der Waals surface area contributed by atoms with Crippen LogP contribution >= 0.6 is 0 Å². The molecule has 3 aliphatic heterocycles. The molecule has 5 heteroatoms. The molecule has 242 valence electrons. The monoisotopic (exact) mass is 665 g/mol. The Labute approximate surface area is 299 Å². The highest BCUT2D eigenvalue weighted by Crippen LogP contribution is 2.54. The molecule has 0 bridgehead atoms. The summed E-state index contributed by atoms with van der Waals surface area (Å²) in [7, 11) is 0. The number of para-hydroxylation sites is 2. The van der Waals surface area contributed by atoms with E-state index < -0.39 is 5.66 Å². The van der Waals surface area contributed by atoms with Crippen molar-refractivity contribution in [2.75, 3.05) is 0 Å². The van der Waals surface area contributed by atoms with Crippen LogP contribution < -0.4 is 9.25 Å². The Kier molecular flexibility index (Phi) is 4.66. The van der Waals surface area contributed by atoms with Crippen molar-refractivity contribution in [3.63, 3.8) is 0 Å².